The molecule has 0 aromatic carbocycles. The Morgan fingerprint density at radius 3 is 2.79 bits per heavy atom. The monoisotopic (exact) mass is 373 g/mol. The minimum Gasteiger partial charge on any atom is -0.492 e. The predicted molar refractivity (Wildman–Crippen MR) is 92.5 cm³/mol. The van der Waals surface area contributed by atoms with Crippen LogP contribution in [-0.4, -0.2) is 62.6 Å². The second-order valence-corrected chi connectivity index (χ2v) is 9.60. The molecule has 0 N–H and O–H groups in total. The highest BCUT2D eigenvalue weighted by molar-refractivity contribution is 7.93. The van der Waals surface area contributed by atoms with Crippen molar-refractivity contribution in [1.82, 2.24) is 4.90 Å². The number of carbonyl (C=O) groups excluding carboxylic acids is 1. The minimum atomic E-state index is -3.19. The van der Waals surface area contributed by atoms with Crippen LogP contribution < -0.4 is 4.74 Å². The van der Waals surface area contributed by atoms with Crippen molar-refractivity contribution in [3.05, 3.63) is 16.3 Å². The second-order valence-electron chi connectivity index (χ2n) is 6.24. The van der Waals surface area contributed by atoms with E-state index in [1.165, 1.54) is 11.3 Å². The van der Waals surface area contributed by atoms with Gasteiger partial charge < -0.3 is 14.4 Å². The summed E-state index contributed by atoms with van der Waals surface area (Å²) < 4.78 is 35.2. The van der Waals surface area contributed by atoms with Crippen LogP contribution in [0.25, 0.3) is 0 Å². The Labute approximate surface area is 146 Å². The van der Waals surface area contributed by atoms with Crippen LogP contribution in [-0.2, 0) is 14.6 Å². The van der Waals surface area contributed by atoms with Crippen molar-refractivity contribution < 1.29 is 22.7 Å². The summed E-state index contributed by atoms with van der Waals surface area (Å²) in [5, 5.41) is 1.82. The maximum Gasteiger partial charge on any atom is 0.267 e. The van der Waals surface area contributed by atoms with E-state index in [-0.39, 0.29) is 30.7 Å². The number of rotatable bonds is 6. The maximum atomic E-state index is 12.7. The van der Waals surface area contributed by atoms with Gasteiger partial charge in [0.25, 0.3) is 5.91 Å². The number of hydrogen-bond donors (Lipinski definition) is 0. The van der Waals surface area contributed by atoms with E-state index in [0.29, 0.717) is 36.9 Å². The molecule has 24 heavy (non-hydrogen) atoms. The molecule has 1 spiro atoms. The summed E-state index contributed by atoms with van der Waals surface area (Å²) in [5.74, 6) is 0.599. The third-order valence-corrected chi connectivity index (χ3v) is 8.44. The quantitative estimate of drug-likeness (QED) is 0.760. The van der Waals surface area contributed by atoms with Gasteiger partial charge in [0.15, 0.2) is 9.84 Å². The first-order valence-corrected chi connectivity index (χ1v) is 10.8. The summed E-state index contributed by atoms with van der Waals surface area (Å²) in [6.07, 6.45) is 0.619. The van der Waals surface area contributed by atoms with Crippen LogP contribution in [0, 0.1) is 5.92 Å². The van der Waals surface area contributed by atoms with Gasteiger partial charge in [0, 0.05) is 25.6 Å². The van der Waals surface area contributed by atoms with Gasteiger partial charge in [0.05, 0.1) is 19.0 Å². The Bertz CT molecular complexity index is 706. The molecule has 134 valence electrons. The number of ether oxygens (including phenoxy) is 2. The van der Waals surface area contributed by atoms with E-state index in [4.69, 9.17) is 9.47 Å². The molecule has 8 heteroatoms. The Balaban J connectivity index is 1.74. The fraction of sp³-hybridized carbons (Fsp3) is 0.688. The molecule has 6 nitrogen and oxygen atoms in total. The highest BCUT2D eigenvalue weighted by Gasteiger charge is 2.62. The molecule has 0 saturated carbocycles. The molecular weight excluding hydrogens is 350 g/mol. The first-order valence-electron chi connectivity index (χ1n) is 8.24. The van der Waals surface area contributed by atoms with E-state index in [1.54, 1.807) is 11.0 Å². The number of nitrogens with zero attached hydrogens (tertiary/aromatic N) is 1. The molecule has 1 atom stereocenters. The highest BCUT2D eigenvalue weighted by Crippen LogP contribution is 2.45. The number of carbonyl (C=O) groups is 1. The summed E-state index contributed by atoms with van der Waals surface area (Å²) in [4.78, 5) is 14.9. The smallest absolute Gasteiger partial charge is 0.267 e. The van der Waals surface area contributed by atoms with Crippen LogP contribution in [0.2, 0.25) is 0 Å². The van der Waals surface area contributed by atoms with Gasteiger partial charge >= 0.3 is 0 Å². The van der Waals surface area contributed by atoms with Crippen LogP contribution in [0.15, 0.2) is 11.4 Å². The minimum absolute atomic E-state index is 0.0267. The van der Waals surface area contributed by atoms with Crippen LogP contribution in [0.4, 0.5) is 0 Å². The topological polar surface area (TPSA) is 72.9 Å². The standard InChI is InChI=1S/C16H23NO5S2/c1-3-21-9-12-6-8-24(19,20)16(12)10-17(11-16)15(18)14-13(22-4-2)5-7-23-14/h5,7,12H,3-4,6,8-11H2,1-2H3/t12-/m0/s1. The summed E-state index contributed by atoms with van der Waals surface area (Å²) in [5.41, 5.74) is 0. The second kappa shape index (κ2) is 6.65. The number of hydrogen-bond acceptors (Lipinski definition) is 6. The lowest BCUT2D eigenvalue weighted by Gasteiger charge is -2.49. The molecule has 2 saturated heterocycles. The molecule has 0 radical (unpaired) electrons. The van der Waals surface area contributed by atoms with E-state index < -0.39 is 14.6 Å². The predicted octanol–water partition coefficient (Wildman–Crippen LogP) is 1.81. The highest BCUT2D eigenvalue weighted by atomic mass is 32.2. The molecule has 0 bridgehead atoms. The fourth-order valence-corrected chi connectivity index (χ4v) is 6.78. The van der Waals surface area contributed by atoms with E-state index >= 15 is 0 Å². The van der Waals surface area contributed by atoms with Crippen molar-refractivity contribution in [2.45, 2.75) is 25.0 Å². The third-order valence-electron chi connectivity index (χ3n) is 4.95. The van der Waals surface area contributed by atoms with Gasteiger partial charge in [-0.05, 0) is 31.7 Å². The van der Waals surface area contributed by atoms with E-state index in [1.807, 2.05) is 19.2 Å². The van der Waals surface area contributed by atoms with Gasteiger partial charge in [-0.2, -0.15) is 0 Å². The Morgan fingerprint density at radius 2 is 2.12 bits per heavy atom. The van der Waals surface area contributed by atoms with Gasteiger partial charge in [-0.3, -0.25) is 4.79 Å². The number of amides is 1. The van der Waals surface area contributed by atoms with E-state index in [0.717, 1.165) is 0 Å². The van der Waals surface area contributed by atoms with Crippen LogP contribution in [0.3, 0.4) is 0 Å². The summed E-state index contributed by atoms with van der Waals surface area (Å²) in [7, 11) is -3.19. The zero-order valence-corrected chi connectivity index (χ0v) is 15.6. The molecule has 2 aliphatic rings. The Morgan fingerprint density at radius 1 is 1.38 bits per heavy atom. The van der Waals surface area contributed by atoms with Crippen molar-refractivity contribution in [1.29, 1.82) is 0 Å². The lowest BCUT2D eigenvalue weighted by atomic mass is 9.83. The molecule has 2 aliphatic heterocycles. The molecule has 0 unspecified atom stereocenters. The zero-order chi connectivity index (χ0) is 17.4. The van der Waals surface area contributed by atoms with Crippen LogP contribution in [0.1, 0.15) is 29.9 Å². The molecule has 1 aromatic heterocycles. The molecular formula is C16H23NO5S2. The first-order chi connectivity index (χ1) is 11.4. The molecule has 2 fully saturated rings. The van der Waals surface area contributed by atoms with Crippen molar-refractivity contribution in [2.24, 2.45) is 5.92 Å². The maximum absolute atomic E-state index is 12.7. The molecule has 1 amide bonds. The van der Waals surface area contributed by atoms with Crippen molar-refractivity contribution >= 4 is 27.1 Å². The summed E-state index contributed by atoms with van der Waals surface area (Å²) in [6.45, 7) is 5.80. The zero-order valence-electron chi connectivity index (χ0n) is 14.0. The Kier molecular flexibility index (Phi) is 4.90. The normalized spacial score (nSPS) is 24.1. The number of thiophene rings is 1. The van der Waals surface area contributed by atoms with E-state index in [2.05, 4.69) is 0 Å². The van der Waals surface area contributed by atoms with Crippen molar-refractivity contribution in [2.75, 3.05) is 38.7 Å². The Hall–Kier alpha value is -1.12. The first kappa shape index (κ1) is 17.7. The summed E-state index contributed by atoms with van der Waals surface area (Å²) in [6, 6.07) is 1.78. The molecule has 0 aliphatic carbocycles. The van der Waals surface area contributed by atoms with Gasteiger partial charge in [-0.15, -0.1) is 11.3 Å². The number of sulfone groups is 1. The third kappa shape index (κ3) is 2.74. The van der Waals surface area contributed by atoms with Crippen molar-refractivity contribution in [3.8, 4) is 5.75 Å². The molecule has 1 aromatic rings. The lowest BCUT2D eigenvalue weighted by molar-refractivity contribution is 0.0272. The lowest BCUT2D eigenvalue weighted by Crippen LogP contribution is -2.68. The average Bonchev–Trinajstić information content (AvgIpc) is 3.05. The van der Waals surface area contributed by atoms with Gasteiger partial charge in [-0.1, -0.05) is 0 Å². The fourth-order valence-electron chi connectivity index (χ4n) is 3.58. The van der Waals surface area contributed by atoms with E-state index in [9.17, 15) is 13.2 Å². The molecule has 3 rings (SSSR count). The van der Waals surface area contributed by atoms with Crippen molar-refractivity contribution in [3.63, 3.8) is 0 Å². The van der Waals surface area contributed by atoms with Crippen LogP contribution >= 0.6 is 11.3 Å². The largest absolute Gasteiger partial charge is 0.492 e. The van der Waals surface area contributed by atoms with Gasteiger partial charge in [-0.25, -0.2) is 8.42 Å². The van der Waals surface area contributed by atoms with Gasteiger partial charge in [0.2, 0.25) is 0 Å². The summed E-state index contributed by atoms with van der Waals surface area (Å²) >= 11 is 1.33. The molecule has 3 heterocycles. The average molecular weight is 373 g/mol. The SMILES string of the molecule is CCOC[C@@H]1CCS(=O)(=O)C12CN(C(=O)c1sccc1OCC)C2. The van der Waals surface area contributed by atoms with Crippen LogP contribution in [0.5, 0.6) is 5.75 Å². The van der Waals surface area contributed by atoms with Gasteiger partial charge in [0.1, 0.15) is 15.4 Å². The number of likely N-dealkylation sites (tertiary alicyclic amines) is 1.